The van der Waals surface area contributed by atoms with Gasteiger partial charge in [-0.1, -0.05) is 56.3 Å². The van der Waals surface area contributed by atoms with Gasteiger partial charge in [0.05, 0.1) is 11.1 Å². The number of Topliss-reactive ketones (excluding diaryl/α,β-unsaturated/α-hetero) is 1. The van der Waals surface area contributed by atoms with Gasteiger partial charge in [0, 0.05) is 5.56 Å². The molecule has 0 fully saturated rings. The summed E-state index contributed by atoms with van der Waals surface area (Å²) in [5.41, 5.74) is 0.972. The highest BCUT2D eigenvalue weighted by Gasteiger charge is 2.43. The SMILES string of the molecule is CC(C)C[C@@H](C(=O)OCC(=O)c1ccccc1)N1C(=O)c2ccccc2C1=O. The second kappa shape index (κ2) is 8.17. The molecule has 1 heterocycles. The summed E-state index contributed by atoms with van der Waals surface area (Å²) < 4.78 is 5.19. The Balaban J connectivity index is 1.77. The van der Waals surface area contributed by atoms with Crippen LogP contribution in [0.3, 0.4) is 0 Å². The van der Waals surface area contributed by atoms with Crippen molar-refractivity contribution in [1.82, 2.24) is 4.90 Å². The van der Waals surface area contributed by atoms with E-state index in [1.807, 2.05) is 13.8 Å². The maximum absolute atomic E-state index is 12.7. The lowest BCUT2D eigenvalue weighted by Crippen LogP contribution is -2.46. The van der Waals surface area contributed by atoms with E-state index in [4.69, 9.17) is 4.74 Å². The van der Waals surface area contributed by atoms with Crippen molar-refractivity contribution in [3.05, 3.63) is 71.3 Å². The number of ether oxygens (including phenoxy) is 1. The molecule has 3 rings (SSSR count). The van der Waals surface area contributed by atoms with Gasteiger partial charge in [0.2, 0.25) is 0 Å². The van der Waals surface area contributed by atoms with Gasteiger partial charge in [0.15, 0.2) is 12.4 Å². The molecule has 2 amide bonds. The highest BCUT2D eigenvalue weighted by atomic mass is 16.5. The fourth-order valence-electron chi connectivity index (χ4n) is 3.18. The average Bonchev–Trinajstić information content (AvgIpc) is 2.95. The Kier molecular flexibility index (Phi) is 5.68. The summed E-state index contributed by atoms with van der Waals surface area (Å²) in [6, 6.07) is 13.9. The molecule has 144 valence electrons. The minimum atomic E-state index is -1.07. The summed E-state index contributed by atoms with van der Waals surface area (Å²) >= 11 is 0. The van der Waals surface area contributed by atoms with Crippen molar-refractivity contribution in [2.75, 3.05) is 6.61 Å². The molecule has 2 aromatic carbocycles. The van der Waals surface area contributed by atoms with Crippen LogP contribution in [0.2, 0.25) is 0 Å². The molecule has 2 aromatic rings. The third-order valence-corrected chi connectivity index (χ3v) is 4.55. The Morgan fingerprint density at radius 3 is 1.96 bits per heavy atom. The minimum Gasteiger partial charge on any atom is -0.456 e. The zero-order valence-electron chi connectivity index (χ0n) is 15.8. The van der Waals surface area contributed by atoms with Gasteiger partial charge < -0.3 is 4.74 Å². The van der Waals surface area contributed by atoms with Crippen LogP contribution in [0, 0.1) is 5.92 Å². The molecule has 1 atom stereocenters. The number of benzene rings is 2. The fourth-order valence-corrected chi connectivity index (χ4v) is 3.18. The number of nitrogens with zero attached hydrogens (tertiary/aromatic N) is 1. The second-order valence-corrected chi connectivity index (χ2v) is 7.07. The van der Waals surface area contributed by atoms with Gasteiger partial charge in [-0.2, -0.15) is 0 Å². The van der Waals surface area contributed by atoms with E-state index >= 15 is 0 Å². The van der Waals surface area contributed by atoms with E-state index in [9.17, 15) is 19.2 Å². The maximum Gasteiger partial charge on any atom is 0.329 e. The highest BCUT2D eigenvalue weighted by Crippen LogP contribution is 2.27. The van der Waals surface area contributed by atoms with Crippen LogP contribution < -0.4 is 0 Å². The maximum atomic E-state index is 12.7. The van der Waals surface area contributed by atoms with Gasteiger partial charge in [0.25, 0.3) is 11.8 Å². The second-order valence-electron chi connectivity index (χ2n) is 7.07. The first-order chi connectivity index (χ1) is 13.4. The van der Waals surface area contributed by atoms with Gasteiger partial charge in [-0.15, -0.1) is 0 Å². The van der Waals surface area contributed by atoms with Crippen molar-refractivity contribution < 1.29 is 23.9 Å². The van der Waals surface area contributed by atoms with E-state index < -0.39 is 30.4 Å². The van der Waals surface area contributed by atoms with Gasteiger partial charge >= 0.3 is 5.97 Å². The Morgan fingerprint density at radius 2 is 1.43 bits per heavy atom. The highest BCUT2D eigenvalue weighted by molar-refractivity contribution is 6.22. The Morgan fingerprint density at radius 1 is 0.893 bits per heavy atom. The first kappa shape index (κ1) is 19.5. The van der Waals surface area contributed by atoms with Gasteiger partial charge in [-0.3, -0.25) is 19.3 Å². The molecular formula is C22H21NO5. The van der Waals surface area contributed by atoms with E-state index in [1.165, 1.54) is 0 Å². The van der Waals surface area contributed by atoms with Crippen LogP contribution in [0.4, 0.5) is 0 Å². The molecule has 0 unspecified atom stereocenters. The van der Waals surface area contributed by atoms with Crippen LogP contribution in [0.5, 0.6) is 0 Å². The number of esters is 1. The van der Waals surface area contributed by atoms with Crippen LogP contribution in [-0.4, -0.2) is 41.1 Å². The molecule has 6 heteroatoms. The molecule has 0 aliphatic carbocycles. The lowest BCUT2D eigenvalue weighted by Gasteiger charge is -2.25. The molecule has 0 saturated heterocycles. The molecule has 0 N–H and O–H groups in total. The van der Waals surface area contributed by atoms with Crippen LogP contribution in [0.25, 0.3) is 0 Å². The van der Waals surface area contributed by atoms with E-state index in [0.29, 0.717) is 5.56 Å². The number of hydrogen-bond donors (Lipinski definition) is 0. The van der Waals surface area contributed by atoms with Crippen molar-refractivity contribution >= 4 is 23.6 Å². The lowest BCUT2D eigenvalue weighted by atomic mass is 10.0. The fraction of sp³-hybridized carbons (Fsp3) is 0.273. The number of imide groups is 1. The Labute approximate surface area is 163 Å². The van der Waals surface area contributed by atoms with Crippen molar-refractivity contribution in [3.63, 3.8) is 0 Å². The Hall–Kier alpha value is -3.28. The smallest absolute Gasteiger partial charge is 0.329 e. The van der Waals surface area contributed by atoms with Crippen LogP contribution >= 0.6 is 0 Å². The monoisotopic (exact) mass is 379 g/mol. The van der Waals surface area contributed by atoms with E-state index in [0.717, 1.165) is 4.90 Å². The predicted octanol–water partition coefficient (Wildman–Crippen LogP) is 3.12. The normalized spacial score (nSPS) is 14.2. The summed E-state index contributed by atoms with van der Waals surface area (Å²) in [7, 11) is 0. The molecule has 0 radical (unpaired) electrons. The summed E-state index contributed by atoms with van der Waals surface area (Å²) in [4.78, 5) is 51.3. The van der Waals surface area contributed by atoms with Crippen molar-refractivity contribution in [2.45, 2.75) is 26.3 Å². The Bertz CT molecular complexity index is 885. The van der Waals surface area contributed by atoms with E-state index in [2.05, 4.69) is 0 Å². The van der Waals surface area contributed by atoms with Crippen LogP contribution in [-0.2, 0) is 9.53 Å². The zero-order valence-corrected chi connectivity index (χ0v) is 15.8. The third-order valence-electron chi connectivity index (χ3n) is 4.55. The first-order valence-corrected chi connectivity index (χ1v) is 9.12. The van der Waals surface area contributed by atoms with Crippen LogP contribution in [0.15, 0.2) is 54.6 Å². The summed E-state index contributed by atoms with van der Waals surface area (Å²) in [6.07, 6.45) is 0.254. The number of hydrogen-bond acceptors (Lipinski definition) is 5. The molecular weight excluding hydrogens is 358 g/mol. The molecule has 1 aliphatic heterocycles. The molecule has 0 spiro atoms. The minimum absolute atomic E-state index is 0.0340. The van der Waals surface area contributed by atoms with Crippen molar-refractivity contribution in [3.8, 4) is 0 Å². The van der Waals surface area contributed by atoms with Gasteiger partial charge in [-0.25, -0.2) is 4.79 Å². The first-order valence-electron chi connectivity index (χ1n) is 9.12. The molecule has 28 heavy (non-hydrogen) atoms. The topological polar surface area (TPSA) is 80.8 Å². The number of rotatable bonds is 7. The van der Waals surface area contributed by atoms with Gasteiger partial charge in [-0.05, 0) is 24.5 Å². The number of fused-ring (bicyclic) bond motifs is 1. The molecule has 0 saturated carbocycles. The quantitative estimate of drug-likeness (QED) is 0.419. The summed E-state index contributed by atoms with van der Waals surface area (Å²) in [5.74, 6) is -2.10. The van der Waals surface area contributed by atoms with Crippen LogP contribution in [0.1, 0.15) is 51.3 Å². The largest absolute Gasteiger partial charge is 0.456 e. The van der Waals surface area contributed by atoms with Crippen molar-refractivity contribution in [1.29, 1.82) is 0 Å². The lowest BCUT2D eigenvalue weighted by molar-refractivity contribution is -0.147. The molecule has 0 aromatic heterocycles. The summed E-state index contributed by atoms with van der Waals surface area (Å²) in [6.45, 7) is 3.32. The molecule has 1 aliphatic rings. The number of carbonyl (C=O) groups excluding carboxylic acids is 4. The standard InChI is InChI=1S/C22H21NO5/c1-14(2)12-18(22(27)28-13-19(24)15-8-4-3-5-9-15)23-20(25)16-10-6-7-11-17(16)21(23)26/h3-11,14,18H,12-13H2,1-2H3/t18-/m0/s1. The third kappa shape index (κ3) is 3.86. The number of ketones is 1. The van der Waals surface area contributed by atoms with Gasteiger partial charge in [0.1, 0.15) is 6.04 Å². The zero-order chi connectivity index (χ0) is 20.3. The summed E-state index contributed by atoms with van der Waals surface area (Å²) in [5, 5.41) is 0. The number of amides is 2. The predicted molar refractivity (Wildman–Crippen MR) is 102 cm³/mol. The van der Waals surface area contributed by atoms with Crippen molar-refractivity contribution in [2.24, 2.45) is 5.92 Å². The van der Waals surface area contributed by atoms with E-state index in [-0.39, 0.29) is 29.2 Å². The molecule has 6 nitrogen and oxygen atoms in total. The molecule has 0 bridgehead atoms. The average molecular weight is 379 g/mol. The number of carbonyl (C=O) groups is 4. The van der Waals surface area contributed by atoms with E-state index in [1.54, 1.807) is 54.6 Å².